The Balaban J connectivity index is 1.66. The molecule has 1 aliphatic rings. The van der Waals surface area contributed by atoms with Crippen molar-refractivity contribution in [3.8, 4) is 11.1 Å². The van der Waals surface area contributed by atoms with Crippen LogP contribution >= 0.6 is 0 Å². The molecule has 126 valence electrons. The van der Waals surface area contributed by atoms with E-state index in [0.29, 0.717) is 0 Å². The molecule has 0 amide bonds. The van der Waals surface area contributed by atoms with Gasteiger partial charge in [-0.3, -0.25) is 0 Å². The molecule has 4 aromatic rings. The fourth-order valence-electron chi connectivity index (χ4n) is 3.96. The second-order valence-corrected chi connectivity index (χ2v) is 6.87. The Morgan fingerprint density at radius 1 is 0.808 bits per heavy atom. The minimum atomic E-state index is 0.932. The molecular weight excluding hydrogens is 316 g/mol. The van der Waals surface area contributed by atoms with Crippen molar-refractivity contribution in [1.29, 1.82) is 0 Å². The summed E-state index contributed by atoms with van der Waals surface area (Å²) in [6.07, 6.45) is 4.18. The fraction of sp³-hybridized carbons (Fsp3) is 0.120. The van der Waals surface area contributed by atoms with Crippen molar-refractivity contribution in [3.05, 3.63) is 95.4 Å². The maximum absolute atomic E-state index is 6.00. The number of allylic oxidation sites excluding steroid dienone is 1. The van der Waals surface area contributed by atoms with Gasteiger partial charge in [0, 0.05) is 12.8 Å². The van der Waals surface area contributed by atoms with Crippen molar-refractivity contribution >= 4 is 22.4 Å². The average Bonchev–Trinajstić information content (AvgIpc) is 3.34. The summed E-state index contributed by atoms with van der Waals surface area (Å²) in [7, 11) is 0. The SMILES string of the molecule is CCc1ccc(C2=Cc3c(cccc3-c3cccc4ccccc34)C2)o1. The Bertz CT molecular complexity index is 1140. The van der Waals surface area contributed by atoms with Crippen molar-refractivity contribution in [2.24, 2.45) is 0 Å². The van der Waals surface area contributed by atoms with E-state index in [1.54, 1.807) is 0 Å². The fourth-order valence-corrected chi connectivity index (χ4v) is 3.96. The molecule has 0 radical (unpaired) electrons. The lowest BCUT2D eigenvalue weighted by Crippen LogP contribution is -1.88. The lowest BCUT2D eigenvalue weighted by Gasteiger charge is -2.11. The lowest BCUT2D eigenvalue weighted by atomic mass is 9.93. The van der Waals surface area contributed by atoms with E-state index in [1.165, 1.54) is 38.6 Å². The van der Waals surface area contributed by atoms with Crippen LogP contribution in [0.4, 0.5) is 0 Å². The quantitative estimate of drug-likeness (QED) is 0.403. The van der Waals surface area contributed by atoms with E-state index in [9.17, 15) is 0 Å². The zero-order valence-electron chi connectivity index (χ0n) is 14.8. The number of furan rings is 1. The van der Waals surface area contributed by atoms with E-state index in [0.717, 1.165) is 24.4 Å². The molecule has 1 nitrogen and oxygen atoms in total. The normalized spacial score (nSPS) is 13.0. The van der Waals surface area contributed by atoms with Crippen LogP contribution in [-0.4, -0.2) is 0 Å². The zero-order valence-corrected chi connectivity index (χ0v) is 14.8. The van der Waals surface area contributed by atoms with Gasteiger partial charge in [-0.25, -0.2) is 0 Å². The van der Waals surface area contributed by atoms with Crippen LogP contribution < -0.4 is 0 Å². The predicted octanol–water partition coefficient (Wildman–Crippen LogP) is 6.76. The van der Waals surface area contributed by atoms with Crippen molar-refractivity contribution in [2.45, 2.75) is 19.8 Å². The highest BCUT2D eigenvalue weighted by molar-refractivity contribution is 6.01. The largest absolute Gasteiger partial charge is 0.461 e. The first-order chi connectivity index (χ1) is 12.8. The summed E-state index contributed by atoms with van der Waals surface area (Å²) in [5.74, 6) is 2.05. The van der Waals surface area contributed by atoms with Gasteiger partial charge in [-0.1, -0.05) is 67.6 Å². The first kappa shape index (κ1) is 15.2. The van der Waals surface area contributed by atoms with Crippen molar-refractivity contribution in [2.75, 3.05) is 0 Å². The summed E-state index contributed by atoms with van der Waals surface area (Å²) < 4.78 is 6.00. The Hall–Kier alpha value is -3.06. The van der Waals surface area contributed by atoms with Gasteiger partial charge in [0.2, 0.25) is 0 Å². The highest BCUT2D eigenvalue weighted by Gasteiger charge is 2.20. The lowest BCUT2D eigenvalue weighted by molar-refractivity contribution is 0.503. The minimum Gasteiger partial charge on any atom is -0.461 e. The molecule has 0 aliphatic heterocycles. The topological polar surface area (TPSA) is 13.1 Å². The Kier molecular flexibility index (Phi) is 3.53. The van der Waals surface area contributed by atoms with E-state index in [1.807, 2.05) is 0 Å². The maximum Gasteiger partial charge on any atom is 0.130 e. The molecule has 1 heteroatoms. The number of rotatable bonds is 3. The van der Waals surface area contributed by atoms with Crippen LogP contribution in [0, 0.1) is 0 Å². The van der Waals surface area contributed by atoms with Crippen molar-refractivity contribution < 1.29 is 4.42 Å². The van der Waals surface area contributed by atoms with Gasteiger partial charge in [0.05, 0.1) is 0 Å². The third kappa shape index (κ3) is 2.40. The summed E-state index contributed by atoms with van der Waals surface area (Å²) >= 11 is 0. The molecule has 0 bridgehead atoms. The van der Waals surface area contributed by atoms with Crippen molar-refractivity contribution in [3.63, 3.8) is 0 Å². The van der Waals surface area contributed by atoms with Crippen LogP contribution in [0.5, 0.6) is 0 Å². The van der Waals surface area contributed by atoms with Crippen LogP contribution in [0.3, 0.4) is 0 Å². The van der Waals surface area contributed by atoms with Crippen LogP contribution in [0.1, 0.15) is 29.6 Å². The molecule has 3 aromatic carbocycles. The van der Waals surface area contributed by atoms with Gasteiger partial charge < -0.3 is 4.42 Å². The standard InChI is InChI=1S/C25H20O/c1-2-20-13-14-25(26-20)19-15-18-9-6-12-23(24(18)16-19)22-11-5-8-17-7-3-4-10-21(17)22/h3-14,16H,2,15H2,1H3. The summed E-state index contributed by atoms with van der Waals surface area (Å²) in [4.78, 5) is 0. The summed E-state index contributed by atoms with van der Waals surface area (Å²) in [5, 5.41) is 2.58. The molecular formula is C25H20O. The number of hydrogen-bond donors (Lipinski definition) is 0. The highest BCUT2D eigenvalue weighted by atomic mass is 16.3. The van der Waals surface area contributed by atoms with E-state index < -0.39 is 0 Å². The maximum atomic E-state index is 6.00. The molecule has 1 aliphatic carbocycles. The van der Waals surface area contributed by atoms with E-state index in [4.69, 9.17) is 4.42 Å². The summed E-state index contributed by atoms with van der Waals surface area (Å²) in [6.45, 7) is 2.12. The molecule has 0 spiro atoms. The van der Waals surface area contributed by atoms with E-state index >= 15 is 0 Å². The van der Waals surface area contributed by atoms with Gasteiger partial charge in [-0.15, -0.1) is 0 Å². The number of hydrogen-bond acceptors (Lipinski definition) is 1. The molecule has 5 rings (SSSR count). The van der Waals surface area contributed by atoms with Crippen molar-refractivity contribution in [1.82, 2.24) is 0 Å². The van der Waals surface area contributed by atoms with Gasteiger partial charge in [0.1, 0.15) is 11.5 Å². The minimum absolute atomic E-state index is 0.932. The van der Waals surface area contributed by atoms with Crippen LogP contribution in [0.25, 0.3) is 33.5 Å². The molecule has 26 heavy (non-hydrogen) atoms. The molecule has 0 fully saturated rings. The zero-order chi connectivity index (χ0) is 17.5. The highest BCUT2D eigenvalue weighted by Crippen LogP contribution is 2.40. The Labute approximate surface area is 153 Å². The molecule has 1 heterocycles. The third-order valence-corrected chi connectivity index (χ3v) is 5.30. The Morgan fingerprint density at radius 2 is 1.62 bits per heavy atom. The van der Waals surface area contributed by atoms with Crippen LogP contribution in [0.2, 0.25) is 0 Å². The van der Waals surface area contributed by atoms with Crippen LogP contribution in [-0.2, 0) is 12.8 Å². The van der Waals surface area contributed by atoms with Gasteiger partial charge in [-0.2, -0.15) is 0 Å². The third-order valence-electron chi connectivity index (χ3n) is 5.30. The Morgan fingerprint density at radius 3 is 2.50 bits per heavy atom. The first-order valence-corrected chi connectivity index (χ1v) is 9.23. The van der Waals surface area contributed by atoms with E-state index in [2.05, 4.69) is 85.8 Å². The van der Waals surface area contributed by atoms with E-state index in [-0.39, 0.29) is 0 Å². The van der Waals surface area contributed by atoms with Crippen LogP contribution in [0.15, 0.2) is 77.2 Å². The number of fused-ring (bicyclic) bond motifs is 2. The second-order valence-electron chi connectivity index (χ2n) is 6.87. The van der Waals surface area contributed by atoms with Gasteiger partial charge in [-0.05, 0) is 56.8 Å². The number of benzene rings is 3. The van der Waals surface area contributed by atoms with Gasteiger partial charge in [0.15, 0.2) is 0 Å². The van der Waals surface area contributed by atoms with Gasteiger partial charge >= 0.3 is 0 Å². The molecule has 0 atom stereocenters. The molecule has 1 aromatic heterocycles. The molecule has 0 saturated heterocycles. The predicted molar refractivity (Wildman–Crippen MR) is 109 cm³/mol. The smallest absolute Gasteiger partial charge is 0.130 e. The van der Waals surface area contributed by atoms with Gasteiger partial charge in [0.25, 0.3) is 0 Å². The summed E-state index contributed by atoms with van der Waals surface area (Å²) in [5.41, 5.74) is 6.57. The average molecular weight is 336 g/mol. The number of aryl methyl sites for hydroxylation is 1. The first-order valence-electron chi connectivity index (χ1n) is 9.23. The molecule has 0 N–H and O–H groups in total. The monoisotopic (exact) mass is 336 g/mol. The second kappa shape index (κ2) is 6.03. The molecule has 0 unspecified atom stereocenters. The summed E-state index contributed by atoms with van der Waals surface area (Å²) in [6, 6.07) is 26.0. The molecule has 0 saturated carbocycles.